The van der Waals surface area contributed by atoms with Crippen LogP contribution in [0.25, 0.3) is 0 Å². The van der Waals surface area contributed by atoms with Crippen LogP contribution in [-0.4, -0.2) is 47.5 Å². The van der Waals surface area contributed by atoms with E-state index < -0.39 is 0 Å². The van der Waals surface area contributed by atoms with Gasteiger partial charge < -0.3 is 15.8 Å². The third kappa shape index (κ3) is 3.39. The number of carbonyl (C=O) groups is 1. The first kappa shape index (κ1) is 11.8. The number of nitrogens with one attached hydrogen (secondary N) is 1. The summed E-state index contributed by atoms with van der Waals surface area (Å²) in [4.78, 5) is 13.6. The lowest BCUT2D eigenvalue weighted by atomic mass is 10.3. The molecule has 1 rings (SSSR count). The van der Waals surface area contributed by atoms with Gasteiger partial charge in [-0.25, -0.2) is 0 Å². The van der Waals surface area contributed by atoms with E-state index in [9.17, 15) is 4.79 Å². The van der Waals surface area contributed by atoms with Crippen LogP contribution in [0.3, 0.4) is 0 Å². The van der Waals surface area contributed by atoms with Crippen molar-refractivity contribution in [3.8, 4) is 0 Å². The fourth-order valence-electron chi connectivity index (χ4n) is 1.59. The number of nitrogens with two attached hydrogens (primary N) is 1. The van der Waals surface area contributed by atoms with Crippen molar-refractivity contribution in [1.82, 2.24) is 10.2 Å². The van der Waals surface area contributed by atoms with E-state index in [1.807, 2.05) is 4.90 Å². The molecule has 6 heteroatoms. The van der Waals surface area contributed by atoms with E-state index in [1.165, 1.54) is 0 Å². The number of nitrogens with zero attached hydrogens (tertiary/aromatic N) is 2. The summed E-state index contributed by atoms with van der Waals surface area (Å²) in [5, 5.41) is 14.1. The molecule has 86 valence electrons. The molecule has 1 fully saturated rings. The van der Waals surface area contributed by atoms with Gasteiger partial charge in [-0.1, -0.05) is 5.16 Å². The molecule has 0 aromatic rings. The van der Waals surface area contributed by atoms with Gasteiger partial charge >= 0.3 is 0 Å². The van der Waals surface area contributed by atoms with Crippen LogP contribution in [0.5, 0.6) is 0 Å². The molecule has 15 heavy (non-hydrogen) atoms. The van der Waals surface area contributed by atoms with Gasteiger partial charge in [-0.15, -0.1) is 0 Å². The van der Waals surface area contributed by atoms with Crippen molar-refractivity contribution in [2.24, 2.45) is 10.9 Å². The number of rotatable bonds is 4. The average Bonchev–Trinajstić information content (AvgIpc) is 2.77. The first-order valence-electron chi connectivity index (χ1n) is 5.13. The maximum Gasteiger partial charge on any atom is 0.239 e. The fraction of sp³-hybridized carbons (Fsp3) is 0.778. The lowest BCUT2D eigenvalue weighted by Crippen LogP contribution is -2.46. The molecule has 1 saturated heterocycles. The molecule has 1 atom stereocenters. The number of hydrogen-bond acceptors (Lipinski definition) is 4. The molecular weight excluding hydrogens is 196 g/mol. The normalized spacial score (nSPS) is 19.3. The molecule has 6 nitrogen and oxygen atoms in total. The number of amides is 1. The van der Waals surface area contributed by atoms with Gasteiger partial charge in [0.1, 0.15) is 0 Å². The van der Waals surface area contributed by atoms with Crippen LogP contribution in [0.1, 0.15) is 19.8 Å². The summed E-state index contributed by atoms with van der Waals surface area (Å²) in [6.07, 6.45) is 2.16. The van der Waals surface area contributed by atoms with Crippen LogP contribution >= 0.6 is 0 Å². The minimum absolute atomic E-state index is 0.0797. The second kappa shape index (κ2) is 5.55. The van der Waals surface area contributed by atoms with Crippen molar-refractivity contribution >= 4 is 11.7 Å². The third-order valence-electron chi connectivity index (χ3n) is 2.51. The van der Waals surface area contributed by atoms with Crippen molar-refractivity contribution < 1.29 is 10.0 Å². The first-order chi connectivity index (χ1) is 7.15. The third-order valence-corrected chi connectivity index (χ3v) is 2.51. The van der Waals surface area contributed by atoms with Crippen molar-refractivity contribution in [2.45, 2.75) is 25.8 Å². The summed E-state index contributed by atoms with van der Waals surface area (Å²) in [6, 6.07) is -0.289. The number of amidine groups is 1. The summed E-state index contributed by atoms with van der Waals surface area (Å²) in [5.74, 6) is 0.161. The van der Waals surface area contributed by atoms with Crippen LogP contribution in [0.2, 0.25) is 0 Å². The first-order valence-corrected chi connectivity index (χ1v) is 5.13. The van der Waals surface area contributed by atoms with Crippen molar-refractivity contribution in [3.05, 3.63) is 0 Å². The van der Waals surface area contributed by atoms with Crippen molar-refractivity contribution in [1.29, 1.82) is 0 Å². The summed E-state index contributed by atoms with van der Waals surface area (Å²) in [7, 11) is 0. The predicted molar refractivity (Wildman–Crippen MR) is 56.7 cm³/mol. The predicted octanol–water partition coefficient (Wildman–Crippen LogP) is -0.667. The Morgan fingerprint density at radius 2 is 2.20 bits per heavy atom. The Labute approximate surface area is 89.1 Å². The zero-order valence-electron chi connectivity index (χ0n) is 8.94. The highest BCUT2D eigenvalue weighted by Gasteiger charge is 2.22. The highest BCUT2D eigenvalue weighted by atomic mass is 16.4. The number of likely N-dealkylation sites (tertiary alicyclic amines) is 1. The monoisotopic (exact) mass is 214 g/mol. The summed E-state index contributed by atoms with van der Waals surface area (Å²) in [6.45, 7) is 3.69. The molecule has 0 aromatic carbocycles. The van der Waals surface area contributed by atoms with Gasteiger partial charge in [0.15, 0.2) is 5.84 Å². The Hall–Kier alpha value is -1.30. The average molecular weight is 214 g/mol. The van der Waals surface area contributed by atoms with Crippen LogP contribution in [0.4, 0.5) is 0 Å². The lowest BCUT2D eigenvalue weighted by Gasteiger charge is -2.20. The summed E-state index contributed by atoms with van der Waals surface area (Å²) < 4.78 is 0. The molecule has 1 aliphatic heterocycles. The van der Waals surface area contributed by atoms with Gasteiger partial charge in [-0.3, -0.25) is 10.1 Å². The van der Waals surface area contributed by atoms with E-state index in [-0.39, 0.29) is 24.3 Å². The Kier molecular flexibility index (Phi) is 4.36. The molecular formula is C9H18N4O2. The Balaban J connectivity index is 2.32. The second-order valence-electron chi connectivity index (χ2n) is 3.73. The van der Waals surface area contributed by atoms with Crippen molar-refractivity contribution in [2.75, 3.05) is 19.6 Å². The van der Waals surface area contributed by atoms with E-state index in [0.29, 0.717) is 0 Å². The Morgan fingerprint density at radius 1 is 1.60 bits per heavy atom. The molecule has 0 saturated carbocycles. The van der Waals surface area contributed by atoms with E-state index in [0.717, 1.165) is 25.9 Å². The van der Waals surface area contributed by atoms with E-state index in [1.54, 1.807) is 6.92 Å². The van der Waals surface area contributed by atoms with Gasteiger partial charge in [-0.2, -0.15) is 0 Å². The van der Waals surface area contributed by atoms with E-state index in [4.69, 9.17) is 10.9 Å². The maximum atomic E-state index is 11.8. The smallest absolute Gasteiger partial charge is 0.239 e. The van der Waals surface area contributed by atoms with Gasteiger partial charge in [0.05, 0.1) is 12.6 Å². The lowest BCUT2D eigenvalue weighted by molar-refractivity contribution is -0.131. The standard InChI is InChI=1S/C9H18N4O2/c1-7(11-6-8(10)12-15)9(14)13-4-2-3-5-13/h7,11,15H,2-6H2,1H3,(H2,10,12). The van der Waals surface area contributed by atoms with Gasteiger partial charge in [-0.05, 0) is 19.8 Å². The minimum atomic E-state index is -0.289. The highest BCUT2D eigenvalue weighted by Crippen LogP contribution is 2.08. The number of oxime groups is 1. The molecule has 0 bridgehead atoms. The van der Waals surface area contributed by atoms with E-state index in [2.05, 4.69) is 10.5 Å². The summed E-state index contributed by atoms with van der Waals surface area (Å²) >= 11 is 0. The molecule has 0 spiro atoms. The number of hydrogen-bond donors (Lipinski definition) is 3. The quantitative estimate of drug-likeness (QED) is 0.250. The molecule has 0 aliphatic carbocycles. The SMILES string of the molecule is CC(NCC(N)=NO)C(=O)N1CCCC1. The molecule has 0 radical (unpaired) electrons. The second-order valence-corrected chi connectivity index (χ2v) is 3.73. The topological polar surface area (TPSA) is 91.0 Å². The van der Waals surface area contributed by atoms with Crippen molar-refractivity contribution in [3.63, 3.8) is 0 Å². The number of carbonyl (C=O) groups excluding carboxylic acids is 1. The molecule has 1 heterocycles. The van der Waals surface area contributed by atoms with Crippen LogP contribution in [0, 0.1) is 0 Å². The molecule has 1 unspecified atom stereocenters. The van der Waals surface area contributed by atoms with E-state index >= 15 is 0 Å². The minimum Gasteiger partial charge on any atom is -0.409 e. The van der Waals surface area contributed by atoms with Crippen LogP contribution < -0.4 is 11.1 Å². The molecule has 1 aliphatic rings. The Bertz CT molecular complexity index is 248. The van der Waals surface area contributed by atoms with Gasteiger partial charge in [0.2, 0.25) is 5.91 Å². The largest absolute Gasteiger partial charge is 0.409 e. The van der Waals surface area contributed by atoms with Gasteiger partial charge in [0, 0.05) is 13.1 Å². The Morgan fingerprint density at radius 3 is 2.73 bits per heavy atom. The zero-order chi connectivity index (χ0) is 11.3. The maximum absolute atomic E-state index is 11.8. The fourth-order valence-corrected chi connectivity index (χ4v) is 1.59. The van der Waals surface area contributed by atoms with Gasteiger partial charge in [0.25, 0.3) is 0 Å². The molecule has 4 N–H and O–H groups in total. The molecule has 1 amide bonds. The highest BCUT2D eigenvalue weighted by molar-refractivity contribution is 5.84. The van der Waals surface area contributed by atoms with Crippen LogP contribution in [0.15, 0.2) is 5.16 Å². The van der Waals surface area contributed by atoms with Crippen LogP contribution in [-0.2, 0) is 4.79 Å². The summed E-state index contributed by atoms with van der Waals surface area (Å²) in [5.41, 5.74) is 5.29. The molecule has 0 aromatic heterocycles. The zero-order valence-corrected chi connectivity index (χ0v) is 8.94.